The number of carbonyl (C=O) groups excluding carboxylic acids is 2. The van der Waals surface area contributed by atoms with Gasteiger partial charge in [-0.05, 0) is 74.2 Å². The lowest BCUT2D eigenvalue weighted by Crippen LogP contribution is -2.52. The molecule has 0 aliphatic heterocycles. The molecule has 0 heterocycles. The molecule has 226 valence electrons. The molecule has 3 rings (SSSR count). The molecule has 0 radical (unpaired) electrons. The van der Waals surface area contributed by atoms with Crippen molar-refractivity contribution in [3.8, 4) is 0 Å². The van der Waals surface area contributed by atoms with Crippen molar-refractivity contribution < 1.29 is 18.0 Å². The predicted molar refractivity (Wildman–Crippen MR) is 171 cm³/mol. The number of hydrogen-bond acceptors (Lipinski definition) is 4. The normalized spacial score (nSPS) is 12.1. The van der Waals surface area contributed by atoms with E-state index in [-0.39, 0.29) is 23.0 Å². The zero-order valence-electron chi connectivity index (χ0n) is 24.2. The van der Waals surface area contributed by atoms with Gasteiger partial charge in [-0.25, -0.2) is 8.42 Å². The number of nitrogens with zero attached hydrogens (tertiary/aromatic N) is 2. The van der Waals surface area contributed by atoms with Crippen molar-refractivity contribution in [3.63, 3.8) is 0 Å². The summed E-state index contributed by atoms with van der Waals surface area (Å²) in [7, 11) is -4.21. The van der Waals surface area contributed by atoms with E-state index >= 15 is 0 Å². The zero-order valence-corrected chi connectivity index (χ0v) is 27.2. The molecule has 42 heavy (non-hydrogen) atoms. The summed E-state index contributed by atoms with van der Waals surface area (Å²) >= 11 is 18.9. The summed E-state index contributed by atoms with van der Waals surface area (Å²) in [6.07, 6.45) is 1.98. The van der Waals surface area contributed by atoms with Gasteiger partial charge in [0.25, 0.3) is 10.0 Å². The highest BCUT2D eigenvalue weighted by Crippen LogP contribution is 2.31. The topological polar surface area (TPSA) is 86.8 Å². The van der Waals surface area contributed by atoms with Crippen molar-refractivity contribution in [2.45, 2.75) is 64.4 Å². The van der Waals surface area contributed by atoms with Gasteiger partial charge in [-0.15, -0.1) is 0 Å². The molecule has 3 aromatic rings. The maximum absolute atomic E-state index is 14.2. The van der Waals surface area contributed by atoms with Crippen molar-refractivity contribution >= 4 is 62.3 Å². The van der Waals surface area contributed by atoms with Gasteiger partial charge in [-0.2, -0.15) is 0 Å². The molecule has 0 unspecified atom stereocenters. The van der Waals surface area contributed by atoms with Gasteiger partial charge in [0.15, 0.2) is 0 Å². The SMILES string of the molecule is CCCCNC(=O)[C@@H](CC)N(Cc1ccc(Cl)cc1Cl)C(=O)CN(c1cc(Cl)ccc1C)S(=O)(=O)c1ccc(C)cc1. The summed E-state index contributed by atoms with van der Waals surface area (Å²) in [5.74, 6) is -0.898. The van der Waals surface area contributed by atoms with Crippen LogP contribution in [-0.2, 0) is 26.2 Å². The van der Waals surface area contributed by atoms with Crippen LogP contribution in [0.15, 0.2) is 65.6 Å². The van der Waals surface area contributed by atoms with E-state index in [9.17, 15) is 18.0 Å². The predicted octanol–water partition coefficient (Wildman–Crippen LogP) is 7.18. The van der Waals surface area contributed by atoms with Crippen molar-refractivity contribution in [2.75, 3.05) is 17.4 Å². The van der Waals surface area contributed by atoms with Crippen LogP contribution < -0.4 is 9.62 Å². The monoisotopic (exact) mass is 651 g/mol. The first kappa shape index (κ1) is 33.7. The molecule has 0 saturated heterocycles. The number of nitrogens with one attached hydrogen (secondary N) is 1. The third-order valence-corrected chi connectivity index (χ3v) is 9.49. The summed E-state index contributed by atoms with van der Waals surface area (Å²) in [6.45, 7) is 7.29. The van der Waals surface area contributed by atoms with Crippen LogP contribution in [0.2, 0.25) is 15.1 Å². The molecule has 0 spiro atoms. The molecule has 1 N–H and O–H groups in total. The Balaban J connectivity index is 2.10. The maximum atomic E-state index is 14.2. The smallest absolute Gasteiger partial charge is 0.264 e. The molecule has 0 aliphatic carbocycles. The van der Waals surface area contributed by atoms with Crippen LogP contribution in [0, 0.1) is 13.8 Å². The molecule has 3 aromatic carbocycles. The molecule has 0 aliphatic rings. The van der Waals surface area contributed by atoms with E-state index in [4.69, 9.17) is 34.8 Å². The number of carbonyl (C=O) groups is 2. The van der Waals surface area contributed by atoms with Gasteiger partial charge in [-0.1, -0.05) is 84.9 Å². The van der Waals surface area contributed by atoms with E-state index in [0.29, 0.717) is 39.2 Å². The fourth-order valence-electron chi connectivity index (χ4n) is 4.46. The first-order valence-electron chi connectivity index (χ1n) is 13.8. The maximum Gasteiger partial charge on any atom is 0.264 e. The van der Waals surface area contributed by atoms with Gasteiger partial charge in [0.1, 0.15) is 12.6 Å². The first-order valence-corrected chi connectivity index (χ1v) is 16.3. The molecule has 0 saturated carbocycles. The number of aryl methyl sites for hydroxylation is 2. The van der Waals surface area contributed by atoms with E-state index in [0.717, 1.165) is 22.7 Å². The van der Waals surface area contributed by atoms with Crippen molar-refractivity contribution in [1.82, 2.24) is 10.2 Å². The quantitative estimate of drug-likeness (QED) is 0.198. The Morgan fingerprint density at radius 3 is 2.17 bits per heavy atom. The Morgan fingerprint density at radius 1 is 0.905 bits per heavy atom. The minimum absolute atomic E-state index is 0.0249. The van der Waals surface area contributed by atoms with E-state index in [1.54, 1.807) is 56.3 Å². The summed E-state index contributed by atoms with van der Waals surface area (Å²) in [6, 6.07) is 15.3. The third kappa shape index (κ3) is 8.40. The number of anilines is 1. The largest absolute Gasteiger partial charge is 0.354 e. The fourth-order valence-corrected chi connectivity index (χ4v) is 6.57. The number of hydrogen-bond donors (Lipinski definition) is 1. The van der Waals surface area contributed by atoms with Crippen molar-refractivity contribution in [1.29, 1.82) is 0 Å². The molecule has 0 aromatic heterocycles. The van der Waals surface area contributed by atoms with E-state index < -0.39 is 28.5 Å². The summed E-state index contributed by atoms with van der Waals surface area (Å²) < 4.78 is 29.2. The molecule has 0 fully saturated rings. The average molecular weight is 653 g/mol. The molecule has 11 heteroatoms. The Morgan fingerprint density at radius 2 is 1.55 bits per heavy atom. The molecular formula is C31H36Cl3N3O4S. The second-order valence-electron chi connectivity index (χ2n) is 10.1. The van der Waals surface area contributed by atoms with Crippen molar-refractivity contribution in [2.24, 2.45) is 0 Å². The number of benzene rings is 3. The lowest BCUT2D eigenvalue weighted by atomic mass is 10.1. The van der Waals surface area contributed by atoms with Crippen molar-refractivity contribution in [3.05, 3.63) is 92.4 Å². The number of amides is 2. The van der Waals surface area contributed by atoms with Crippen LogP contribution in [0.1, 0.15) is 49.8 Å². The Hall–Kier alpha value is -2.78. The highest BCUT2D eigenvalue weighted by molar-refractivity contribution is 7.92. The standard InChI is InChI=1S/C31H36Cl3N3O4S/c1-5-7-16-35-31(39)28(6-2)36(19-23-11-13-24(32)17-27(23)34)30(38)20-37(29-18-25(33)12-10-22(29)4)42(40,41)26-14-8-21(3)9-15-26/h8-15,17-18,28H,5-7,16,19-20H2,1-4H3,(H,35,39)/t28-/m1/s1. The Labute approximate surface area is 263 Å². The highest BCUT2D eigenvalue weighted by atomic mass is 35.5. The Kier molecular flexibility index (Phi) is 12.1. The van der Waals surface area contributed by atoms with Crippen LogP contribution >= 0.6 is 34.8 Å². The van der Waals surface area contributed by atoms with E-state index in [1.807, 2.05) is 13.8 Å². The first-order chi connectivity index (χ1) is 19.9. The third-order valence-electron chi connectivity index (χ3n) is 6.90. The van der Waals surface area contributed by atoms with E-state index in [1.165, 1.54) is 23.1 Å². The molecule has 7 nitrogen and oxygen atoms in total. The van der Waals surface area contributed by atoms with E-state index in [2.05, 4.69) is 5.32 Å². The molecule has 0 bridgehead atoms. The molecule has 1 atom stereocenters. The van der Waals surface area contributed by atoms with Gasteiger partial charge < -0.3 is 10.2 Å². The number of unbranched alkanes of at least 4 members (excludes halogenated alkanes) is 1. The minimum Gasteiger partial charge on any atom is -0.354 e. The van der Waals surface area contributed by atoms with Gasteiger partial charge in [0, 0.05) is 28.2 Å². The lowest BCUT2D eigenvalue weighted by Gasteiger charge is -2.33. The fraction of sp³-hybridized carbons (Fsp3) is 0.355. The highest BCUT2D eigenvalue weighted by Gasteiger charge is 2.34. The minimum atomic E-state index is -4.21. The molecular weight excluding hydrogens is 617 g/mol. The van der Waals surface area contributed by atoms with Crippen LogP contribution in [-0.4, -0.2) is 44.3 Å². The lowest BCUT2D eigenvalue weighted by molar-refractivity contribution is -0.140. The van der Waals surface area contributed by atoms with Gasteiger partial charge in [0.05, 0.1) is 10.6 Å². The van der Waals surface area contributed by atoms with Crippen LogP contribution in [0.5, 0.6) is 0 Å². The van der Waals surface area contributed by atoms with Crippen LogP contribution in [0.3, 0.4) is 0 Å². The number of rotatable bonds is 13. The second-order valence-corrected chi connectivity index (χ2v) is 13.2. The summed E-state index contributed by atoms with van der Waals surface area (Å²) in [5, 5.41) is 3.98. The molecule has 2 amide bonds. The van der Waals surface area contributed by atoms with Gasteiger partial charge in [0.2, 0.25) is 11.8 Å². The average Bonchev–Trinajstić information content (AvgIpc) is 2.94. The second kappa shape index (κ2) is 15.1. The zero-order chi connectivity index (χ0) is 31.0. The number of halogens is 3. The van der Waals surface area contributed by atoms with Gasteiger partial charge >= 0.3 is 0 Å². The van der Waals surface area contributed by atoms with Crippen LogP contribution in [0.25, 0.3) is 0 Å². The summed E-state index contributed by atoms with van der Waals surface area (Å²) in [4.78, 5) is 28.9. The summed E-state index contributed by atoms with van der Waals surface area (Å²) in [5.41, 5.74) is 2.34. The van der Waals surface area contributed by atoms with Crippen LogP contribution in [0.4, 0.5) is 5.69 Å². The van der Waals surface area contributed by atoms with Gasteiger partial charge in [-0.3, -0.25) is 13.9 Å². The number of sulfonamides is 1. The Bertz CT molecular complexity index is 1510.